The molecule has 5 heteroatoms. The normalized spacial score (nSPS) is 9.63. The number of amides is 1. The maximum absolute atomic E-state index is 11.1. The van der Waals surface area contributed by atoms with Gasteiger partial charge in [-0.15, -0.1) is 0 Å². The molecule has 0 saturated carbocycles. The number of hydrogen-bond acceptors (Lipinski definition) is 4. The van der Waals surface area contributed by atoms with Crippen LogP contribution in [0.25, 0.3) is 0 Å². The fraction of sp³-hybridized carbons (Fsp3) is 0. The second-order valence-corrected chi connectivity index (χ2v) is 3.86. The summed E-state index contributed by atoms with van der Waals surface area (Å²) in [6.07, 6.45) is 0. The van der Waals surface area contributed by atoms with Crippen LogP contribution >= 0.6 is 0 Å². The maximum Gasteiger partial charge on any atom is 0.248 e. The Morgan fingerprint density at radius 3 is 2.68 bits per heavy atom. The smallest absolute Gasteiger partial charge is 0.248 e. The van der Waals surface area contributed by atoms with Crippen LogP contribution in [0.4, 0.5) is 5.69 Å². The zero-order valence-corrected chi connectivity index (χ0v) is 9.96. The molecule has 0 atom stereocenters. The van der Waals surface area contributed by atoms with Crippen LogP contribution in [0.5, 0.6) is 11.5 Å². The molecule has 2 aromatic rings. The highest BCUT2D eigenvalue weighted by Gasteiger charge is 2.07. The van der Waals surface area contributed by atoms with Gasteiger partial charge in [0, 0.05) is 11.3 Å². The van der Waals surface area contributed by atoms with Gasteiger partial charge in [-0.25, -0.2) is 0 Å². The summed E-state index contributed by atoms with van der Waals surface area (Å²) in [6.45, 7) is 0. The molecule has 0 radical (unpaired) electrons. The number of ether oxygens (including phenoxy) is 1. The molecule has 0 bridgehead atoms. The number of rotatable bonds is 3. The quantitative estimate of drug-likeness (QED) is 0.817. The predicted molar refractivity (Wildman–Crippen MR) is 70.6 cm³/mol. The Bertz CT molecular complexity index is 675. The zero-order valence-electron chi connectivity index (χ0n) is 9.96. The summed E-state index contributed by atoms with van der Waals surface area (Å²) in [5.41, 5.74) is 11.9. The Hall–Kier alpha value is -3.00. The van der Waals surface area contributed by atoms with Crippen molar-refractivity contribution in [3.63, 3.8) is 0 Å². The summed E-state index contributed by atoms with van der Waals surface area (Å²) in [6, 6.07) is 13.2. The molecule has 0 aliphatic rings. The van der Waals surface area contributed by atoms with Crippen molar-refractivity contribution in [3.05, 3.63) is 53.6 Å². The van der Waals surface area contributed by atoms with E-state index in [-0.39, 0.29) is 0 Å². The first kappa shape index (κ1) is 12.5. The zero-order chi connectivity index (χ0) is 13.8. The minimum absolute atomic E-state index is 0.324. The van der Waals surface area contributed by atoms with Gasteiger partial charge in [-0.3, -0.25) is 4.79 Å². The van der Waals surface area contributed by atoms with Gasteiger partial charge >= 0.3 is 0 Å². The summed E-state index contributed by atoms with van der Waals surface area (Å²) >= 11 is 0. The summed E-state index contributed by atoms with van der Waals surface area (Å²) in [5, 5.41) is 9.00. The summed E-state index contributed by atoms with van der Waals surface area (Å²) < 4.78 is 5.56. The number of nitrogen functional groups attached to an aromatic ring is 1. The van der Waals surface area contributed by atoms with E-state index in [9.17, 15) is 4.79 Å². The van der Waals surface area contributed by atoms with Gasteiger partial charge in [0.25, 0.3) is 0 Å². The molecule has 0 fully saturated rings. The second-order valence-electron chi connectivity index (χ2n) is 3.86. The minimum atomic E-state index is -0.539. The van der Waals surface area contributed by atoms with Gasteiger partial charge in [0.1, 0.15) is 17.6 Å². The van der Waals surface area contributed by atoms with E-state index in [1.807, 2.05) is 6.07 Å². The fourth-order valence-corrected chi connectivity index (χ4v) is 1.56. The molecule has 0 unspecified atom stereocenters. The third kappa shape index (κ3) is 2.82. The molecule has 0 saturated heterocycles. The number of nitrogens with zero attached hydrogens (tertiary/aromatic N) is 1. The second kappa shape index (κ2) is 5.10. The third-order valence-electron chi connectivity index (χ3n) is 2.47. The minimum Gasteiger partial charge on any atom is -0.456 e. The molecule has 4 N–H and O–H groups in total. The van der Waals surface area contributed by atoms with Crippen molar-refractivity contribution in [2.45, 2.75) is 0 Å². The van der Waals surface area contributed by atoms with Gasteiger partial charge < -0.3 is 16.2 Å². The Balaban J connectivity index is 2.34. The van der Waals surface area contributed by atoms with Crippen LogP contribution < -0.4 is 16.2 Å². The number of carbonyl (C=O) groups excluding carboxylic acids is 1. The molecule has 2 rings (SSSR count). The lowest BCUT2D eigenvalue weighted by molar-refractivity contribution is 0.1000. The van der Waals surface area contributed by atoms with E-state index in [4.69, 9.17) is 21.5 Å². The van der Waals surface area contributed by atoms with Crippen LogP contribution in [-0.4, -0.2) is 5.91 Å². The lowest BCUT2D eigenvalue weighted by Crippen LogP contribution is -2.10. The Kier molecular flexibility index (Phi) is 3.35. The van der Waals surface area contributed by atoms with Crippen LogP contribution in [0, 0.1) is 11.3 Å². The Morgan fingerprint density at radius 2 is 2.00 bits per heavy atom. The van der Waals surface area contributed by atoms with Crippen molar-refractivity contribution in [1.29, 1.82) is 5.26 Å². The van der Waals surface area contributed by atoms with Gasteiger partial charge in [-0.2, -0.15) is 5.26 Å². The Labute approximate surface area is 110 Å². The number of carbonyl (C=O) groups is 1. The standard InChI is InChI=1S/C14H11N3O2/c15-8-10-6-11(16)4-5-13(10)19-12-3-1-2-9(7-12)14(17)18/h1-7H,16H2,(H2,17,18). The Morgan fingerprint density at radius 1 is 1.21 bits per heavy atom. The lowest BCUT2D eigenvalue weighted by atomic mass is 10.2. The van der Waals surface area contributed by atoms with Crippen molar-refractivity contribution in [3.8, 4) is 17.6 Å². The number of nitrogens with two attached hydrogens (primary N) is 2. The van der Waals surface area contributed by atoms with E-state index in [2.05, 4.69) is 0 Å². The SMILES string of the molecule is N#Cc1cc(N)ccc1Oc1cccc(C(N)=O)c1. The first-order valence-electron chi connectivity index (χ1n) is 5.47. The van der Waals surface area contributed by atoms with Crippen molar-refractivity contribution in [2.75, 3.05) is 5.73 Å². The first-order valence-corrected chi connectivity index (χ1v) is 5.47. The molecular formula is C14H11N3O2. The van der Waals surface area contributed by atoms with E-state index < -0.39 is 5.91 Å². The highest BCUT2D eigenvalue weighted by atomic mass is 16.5. The van der Waals surface area contributed by atoms with Gasteiger partial charge in [0.15, 0.2) is 0 Å². The third-order valence-corrected chi connectivity index (χ3v) is 2.47. The first-order chi connectivity index (χ1) is 9.10. The van der Waals surface area contributed by atoms with Crippen LogP contribution in [0.1, 0.15) is 15.9 Å². The number of benzene rings is 2. The molecule has 0 aliphatic carbocycles. The van der Waals surface area contributed by atoms with E-state index in [0.29, 0.717) is 28.3 Å². The molecule has 5 nitrogen and oxygen atoms in total. The number of hydrogen-bond donors (Lipinski definition) is 2. The van der Waals surface area contributed by atoms with Gasteiger partial charge in [-0.1, -0.05) is 6.07 Å². The maximum atomic E-state index is 11.1. The number of nitriles is 1. The molecule has 94 valence electrons. The van der Waals surface area contributed by atoms with E-state index in [1.165, 1.54) is 12.1 Å². The summed E-state index contributed by atoms with van der Waals surface area (Å²) in [7, 11) is 0. The van der Waals surface area contributed by atoms with Gasteiger partial charge in [0.2, 0.25) is 5.91 Å². The van der Waals surface area contributed by atoms with Crippen molar-refractivity contribution >= 4 is 11.6 Å². The van der Waals surface area contributed by atoms with Crippen LogP contribution in [0.15, 0.2) is 42.5 Å². The molecule has 0 aromatic heterocycles. The van der Waals surface area contributed by atoms with E-state index in [0.717, 1.165) is 0 Å². The average Bonchev–Trinajstić information content (AvgIpc) is 2.41. The average molecular weight is 253 g/mol. The monoisotopic (exact) mass is 253 g/mol. The summed E-state index contributed by atoms with van der Waals surface area (Å²) in [4.78, 5) is 11.1. The summed E-state index contributed by atoms with van der Waals surface area (Å²) in [5.74, 6) is 0.263. The van der Waals surface area contributed by atoms with E-state index >= 15 is 0 Å². The number of anilines is 1. The molecule has 1 amide bonds. The molecular weight excluding hydrogens is 242 g/mol. The van der Waals surface area contributed by atoms with Crippen LogP contribution in [0.2, 0.25) is 0 Å². The fourth-order valence-electron chi connectivity index (χ4n) is 1.56. The van der Waals surface area contributed by atoms with E-state index in [1.54, 1.807) is 30.3 Å². The van der Waals surface area contributed by atoms with Crippen LogP contribution in [0.3, 0.4) is 0 Å². The predicted octanol–water partition coefficient (Wildman–Crippen LogP) is 2.03. The van der Waals surface area contributed by atoms with Crippen molar-refractivity contribution in [2.24, 2.45) is 5.73 Å². The van der Waals surface area contributed by atoms with Crippen molar-refractivity contribution < 1.29 is 9.53 Å². The molecule has 19 heavy (non-hydrogen) atoms. The highest BCUT2D eigenvalue weighted by molar-refractivity contribution is 5.93. The van der Waals surface area contributed by atoms with Crippen LogP contribution in [-0.2, 0) is 0 Å². The number of primary amides is 1. The highest BCUT2D eigenvalue weighted by Crippen LogP contribution is 2.27. The van der Waals surface area contributed by atoms with Crippen molar-refractivity contribution in [1.82, 2.24) is 0 Å². The van der Waals surface area contributed by atoms with Gasteiger partial charge in [0.05, 0.1) is 5.56 Å². The topological polar surface area (TPSA) is 102 Å². The lowest BCUT2D eigenvalue weighted by Gasteiger charge is -2.08. The molecule has 0 aliphatic heterocycles. The largest absolute Gasteiger partial charge is 0.456 e. The molecule has 0 spiro atoms. The molecule has 2 aromatic carbocycles. The molecule has 0 heterocycles. The van der Waals surface area contributed by atoms with Gasteiger partial charge in [-0.05, 0) is 36.4 Å².